The van der Waals surface area contributed by atoms with E-state index in [0.717, 1.165) is 11.5 Å². The van der Waals surface area contributed by atoms with Crippen LogP contribution >= 0.6 is 23.4 Å². The maximum Gasteiger partial charge on any atom is 0.306 e. The Kier molecular flexibility index (Phi) is 6.98. The van der Waals surface area contributed by atoms with Crippen molar-refractivity contribution >= 4 is 29.3 Å². The zero-order valence-electron chi connectivity index (χ0n) is 10.5. The van der Waals surface area contributed by atoms with E-state index in [1.54, 1.807) is 17.8 Å². The van der Waals surface area contributed by atoms with Crippen molar-refractivity contribution in [3.63, 3.8) is 0 Å². The highest BCUT2D eigenvalue weighted by Crippen LogP contribution is 2.18. The van der Waals surface area contributed by atoms with E-state index in [1.165, 1.54) is 7.11 Å². The monoisotopic (exact) mass is 288 g/mol. The highest BCUT2D eigenvalue weighted by Gasteiger charge is 2.09. The number of carbonyl (C=O) groups is 1. The summed E-state index contributed by atoms with van der Waals surface area (Å²) in [6, 6.07) is 7.31. The van der Waals surface area contributed by atoms with Crippen LogP contribution < -0.4 is 4.74 Å². The molecule has 0 fully saturated rings. The summed E-state index contributed by atoms with van der Waals surface area (Å²) in [6.45, 7) is 2.59. The average molecular weight is 289 g/mol. The van der Waals surface area contributed by atoms with Crippen LogP contribution in [0.25, 0.3) is 0 Å². The molecule has 0 aliphatic heterocycles. The Bertz CT molecular complexity index is 384. The number of hydrogen-bond acceptors (Lipinski definition) is 4. The molecule has 0 aliphatic carbocycles. The predicted molar refractivity (Wildman–Crippen MR) is 75.5 cm³/mol. The van der Waals surface area contributed by atoms with Gasteiger partial charge in [-0.2, -0.15) is 11.8 Å². The quantitative estimate of drug-likeness (QED) is 0.569. The first kappa shape index (κ1) is 15.2. The molecule has 3 nitrogen and oxygen atoms in total. The second-order valence-corrected chi connectivity index (χ2v) is 5.75. The molecule has 0 aliphatic rings. The van der Waals surface area contributed by atoms with Gasteiger partial charge in [0.25, 0.3) is 0 Å². The molecule has 100 valence electrons. The van der Waals surface area contributed by atoms with Crippen LogP contribution in [0.3, 0.4) is 0 Å². The topological polar surface area (TPSA) is 35.5 Å². The van der Waals surface area contributed by atoms with Gasteiger partial charge in [-0.25, -0.2) is 0 Å². The second-order valence-electron chi connectivity index (χ2n) is 3.77. The normalized spacial score (nSPS) is 11.9. The summed E-state index contributed by atoms with van der Waals surface area (Å²) >= 11 is 7.53. The number of esters is 1. The van der Waals surface area contributed by atoms with Crippen LogP contribution in [0.2, 0.25) is 5.02 Å². The fourth-order valence-corrected chi connectivity index (χ4v) is 2.36. The van der Waals surface area contributed by atoms with Crippen LogP contribution in [0.1, 0.15) is 13.3 Å². The lowest BCUT2D eigenvalue weighted by molar-refractivity contribution is -0.140. The van der Waals surface area contributed by atoms with Gasteiger partial charge in [0, 0.05) is 16.0 Å². The minimum atomic E-state index is -0.175. The van der Waals surface area contributed by atoms with Gasteiger partial charge in [0.05, 0.1) is 20.1 Å². The number of carbonyl (C=O) groups excluding carboxylic acids is 1. The van der Waals surface area contributed by atoms with E-state index in [4.69, 9.17) is 16.3 Å². The predicted octanol–water partition coefficient (Wildman–Crippen LogP) is 3.40. The molecule has 1 unspecified atom stereocenters. The molecule has 0 bridgehead atoms. The van der Waals surface area contributed by atoms with E-state index in [2.05, 4.69) is 4.74 Å². The van der Waals surface area contributed by atoms with Gasteiger partial charge < -0.3 is 9.47 Å². The molecular weight excluding hydrogens is 272 g/mol. The van der Waals surface area contributed by atoms with Gasteiger partial charge in [-0.3, -0.25) is 4.79 Å². The number of halogens is 1. The van der Waals surface area contributed by atoms with E-state index >= 15 is 0 Å². The van der Waals surface area contributed by atoms with E-state index in [1.807, 2.05) is 25.1 Å². The van der Waals surface area contributed by atoms with Crippen LogP contribution in [-0.4, -0.2) is 30.7 Å². The number of benzene rings is 1. The summed E-state index contributed by atoms with van der Waals surface area (Å²) in [6.07, 6.45) is 0.429. The van der Waals surface area contributed by atoms with Gasteiger partial charge in [-0.1, -0.05) is 24.6 Å². The molecule has 0 spiro atoms. The van der Waals surface area contributed by atoms with Crippen LogP contribution in [0.15, 0.2) is 24.3 Å². The van der Waals surface area contributed by atoms with E-state index < -0.39 is 0 Å². The van der Waals surface area contributed by atoms with E-state index in [0.29, 0.717) is 18.1 Å². The number of thioether (sulfide) groups is 1. The lowest BCUT2D eigenvalue weighted by Crippen LogP contribution is -2.11. The molecule has 0 amide bonds. The molecule has 0 saturated carbocycles. The fourth-order valence-electron chi connectivity index (χ4n) is 1.34. The van der Waals surface area contributed by atoms with E-state index in [9.17, 15) is 4.79 Å². The highest BCUT2D eigenvalue weighted by molar-refractivity contribution is 7.99. The van der Waals surface area contributed by atoms with Crippen LogP contribution in [-0.2, 0) is 9.53 Å². The first-order chi connectivity index (χ1) is 8.61. The molecule has 0 N–H and O–H groups in total. The third-order valence-corrected chi connectivity index (χ3v) is 3.61. The van der Waals surface area contributed by atoms with Crippen molar-refractivity contribution in [1.29, 1.82) is 0 Å². The third kappa shape index (κ3) is 6.17. The molecule has 0 heterocycles. The molecule has 0 radical (unpaired) electrons. The lowest BCUT2D eigenvalue weighted by atomic mass is 10.3. The van der Waals surface area contributed by atoms with Crippen molar-refractivity contribution in [1.82, 2.24) is 0 Å². The first-order valence-electron chi connectivity index (χ1n) is 5.68. The van der Waals surface area contributed by atoms with E-state index in [-0.39, 0.29) is 11.2 Å². The minimum Gasteiger partial charge on any atom is -0.493 e. The first-order valence-corrected chi connectivity index (χ1v) is 7.11. The molecule has 1 rings (SSSR count). The number of rotatable bonds is 7. The van der Waals surface area contributed by atoms with Crippen molar-refractivity contribution in [2.24, 2.45) is 0 Å². The SMILES string of the molecule is COC(=O)CC(C)SCCOc1cccc(Cl)c1. The molecule has 0 aromatic heterocycles. The van der Waals surface area contributed by atoms with Gasteiger partial charge in [-0.15, -0.1) is 0 Å². The summed E-state index contributed by atoms with van der Waals surface area (Å²) in [4.78, 5) is 11.0. The van der Waals surface area contributed by atoms with Gasteiger partial charge in [-0.05, 0) is 18.2 Å². The molecule has 1 aromatic rings. The minimum absolute atomic E-state index is 0.175. The summed E-state index contributed by atoms with van der Waals surface area (Å²) in [7, 11) is 1.40. The average Bonchev–Trinajstić information content (AvgIpc) is 2.34. The van der Waals surface area contributed by atoms with Gasteiger partial charge >= 0.3 is 5.97 Å². The zero-order valence-corrected chi connectivity index (χ0v) is 12.1. The largest absolute Gasteiger partial charge is 0.493 e. The van der Waals surface area contributed by atoms with Crippen molar-refractivity contribution in [3.05, 3.63) is 29.3 Å². The Labute approximate surface area is 117 Å². The summed E-state index contributed by atoms with van der Waals surface area (Å²) in [5, 5.41) is 0.902. The zero-order chi connectivity index (χ0) is 13.4. The molecule has 1 aromatic carbocycles. The smallest absolute Gasteiger partial charge is 0.306 e. The standard InChI is InChI=1S/C13H17ClO3S/c1-10(8-13(15)16-2)18-7-6-17-12-5-3-4-11(14)9-12/h3-5,9-10H,6-8H2,1-2H3. The maximum absolute atomic E-state index is 11.0. The van der Waals surface area contributed by atoms with Crippen molar-refractivity contribution in [2.75, 3.05) is 19.5 Å². The molecule has 18 heavy (non-hydrogen) atoms. The summed E-state index contributed by atoms with van der Waals surface area (Å²) in [5.74, 6) is 1.42. The van der Waals surface area contributed by atoms with Gasteiger partial charge in [0.1, 0.15) is 5.75 Å². The van der Waals surface area contributed by atoms with Crippen LogP contribution in [0, 0.1) is 0 Å². The fraction of sp³-hybridized carbons (Fsp3) is 0.462. The Morgan fingerprint density at radius 1 is 1.50 bits per heavy atom. The van der Waals surface area contributed by atoms with Crippen LogP contribution in [0.5, 0.6) is 5.75 Å². The number of ether oxygens (including phenoxy) is 2. The van der Waals surface area contributed by atoms with Crippen molar-refractivity contribution < 1.29 is 14.3 Å². The second kappa shape index (κ2) is 8.27. The number of hydrogen-bond donors (Lipinski definition) is 0. The Morgan fingerprint density at radius 2 is 2.28 bits per heavy atom. The third-order valence-electron chi connectivity index (χ3n) is 2.23. The maximum atomic E-state index is 11.0. The molecular formula is C13H17ClO3S. The summed E-state index contributed by atoms with van der Waals surface area (Å²) < 4.78 is 10.2. The van der Waals surface area contributed by atoms with Gasteiger partial charge in [0.2, 0.25) is 0 Å². The lowest BCUT2D eigenvalue weighted by Gasteiger charge is -2.10. The van der Waals surface area contributed by atoms with Crippen molar-refractivity contribution in [2.45, 2.75) is 18.6 Å². The van der Waals surface area contributed by atoms with Crippen LogP contribution in [0.4, 0.5) is 0 Å². The molecule has 1 atom stereocenters. The highest BCUT2D eigenvalue weighted by atomic mass is 35.5. The summed E-state index contributed by atoms with van der Waals surface area (Å²) in [5.41, 5.74) is 0. The Balaban J connectivity index is 2.17. The number of methoxy groups -OCH3 is 1. The van der Waals surface area contributed by atoms with Gasteiger partial charge in [0.15, 0.2) is 0 Å². The molecule has 0 saturated heterocycles. The Morgan fingerprint density at radius 3 is 2.94 bits per heavy atom. The van der Waals surface area contributed by atoms with Crippen molar-refractivity contribution in [3.8, 4) is 5.75 Å². The Hall–Kier alpha value is -0.870. The molecule has 5 heteroatoms.